The molecular formula is C15H29N3O. The van der Waals surface area contributed by atoms with E-state index >= 15 is 0 Å². The smallest absolute Gasteiger partial charge is 0.193 e. The molecule has 1 N–H and O–H groups in total. The van der Waals surface area contributed by atoms with E-state index in [1.165, 1.54) is 19.3 Å². The van der Waals surface area contributed by atoms with Gasteiger partial charge < -0.3 is 15.0 Å². The van der Waals surface area contributed by atoms with Gasteiger partial charge >= 0.3 is 0 Å². The van der Waals surface area contributed by atoms with E-state index in [2.05, 4.69) is 41.3 Å². The Morgan fingerprint density at radius 1 is 1.42 bits per heavy atom. The molecule has 0 aromatic heterocycles. The van der Waals surface area contributed by atoms with Crippen molar-refractivity contribution in [2.24, 2.45) is 10.9 Å². The van der Waals surface area contributed by atoms with E-state index in [0.717, 1.165) is 44.6 Å². The van der Waals surface area contributed by atoms with Crippen LogP contribution in [0.1, 0.15) is 32.6 Å². The first-order chi connectivity index (χ1) is 9.27. The Morgan fingerprint density at radius 2 is 2.16 bits per heavy atom. The summed E-state index contributed by atoms with van der Waals surface area (Å²) >= 11 is 0. The van der Waals surface area contributed by atoms with Gasteiger partial charge in [0.25, 0.3) is 0 Å². The highest BCUT2D eigenvalue weighted by Crippen LogP contribution is 2.18. The minimum atomic E-state index is 0.817. The molecule has 1 aliphatic heterocycles. The van der Waals surface area contributed by atoms with Gasteiger partial charge in [-0.2, -0.15) is 0 Å². The van der Waals surface area contributed by atoms with E-state index in [0.29, 0.717) is 0 Å². The Hall–Kier alpha value is -1.03. The van der Waals surface area contributed by atoms with Crippen LogP contribution in [0.5, 0.6) is 0 Å². The lowest BCUT2D eigenvalue weighted by molar-refractivity contribution is 0.0625. The first-order valence-corrected chi connectivity index (χ1v) is 7.38. The molecule has 0 spiro atoms. The number of nitrogens with zero attached hydrogens (tertiary/aromatic N) is 2. The summed E-state index contributed by atoms with van der Waals surface area (Å²) in [7, 11) is 3.97. The normalized spacial score (nSPS) is 17.9. The number of hydrogen-bond donors (Lipinski definition) is 1. The van der Waals surface area contributed by atoms with Crippen LogP contribution in [-0.4, -0.2) is 51.3 Å². The predicted molar refractivity (Wildman–Crippen MR) is 81.6 cm³/mol. The van der Waals surface area contributed by atoms with E-state index in [-0.39, 0.29) is 0 Å². The highest BCUT2D eigenvalue weighted by Gasteiger charge is 2.15. The van der Waals surface area contributed by atoms with E-state index in [1.807, 2.05) is 7.05 Å². The van der Waals surface area contributed by atoms with Crippen molar-refractivity contribution in [3.63, 3.8) is 0 Å². The van der Waals surface area contributed by atoms with Crippen molar-refractivity contribution in [1.82, 2.24) is 10.2 Å². The van der Waals surface area contributed by atoms with Crippen LogP contribution in [0.3, 0.4) is 0 Å². The zero-order chi connectivity index (χ0) is 13.9. The van der Waals surface area contributed by atoms with Gasteiger partial charge in [-0.05, 0) is 38.5 Å². The minimum Gasteiger partial charge on any atom is -0.381 e. The van der Waals surface area contributed by atoms with Crippen molar-refractivity contribution in [2.45, 2.75) is 32.6 Å². The van der Waals surface area contributed by atoms with E-state index < -0.39 is 0 Å². The van der Waals surface area contributed by atoms with E-state index in [1.54, 1.807) is 0 Å². The molecule has 0 amide bonds. The van der Waals surface area contributed by atoms with Gasteiger partial charge in [-0.1, -0.05) is 12.2 Å². The van der Waals surface area contributed by atoms with Crippen LogP contribution in [0.25, 0.3) is 0 Å². The molecule has 1 saturated heterocycles. The van der Waals surface area contributed by atoms with Crippen LogP contribution < -0.4 is 5.32 Å². The van der Waals surface area contributed by atoms with Crippen LogP contribution in [0.4, 0.5) is 0 Å². The molecule has 0 unspecified atom stereocenters. The number of aliphatic imine (C=N–C) groups is 1. The third-order valence-electron chi connectivity index (χ3n) is 3.62. The molecular weight excluding hydrogens is 238 g/mol. The number of nitrogens with one attached hydrogen (secondary N) is 1. The van der Waals surface area contributed by atoms with Crippen molar-refractivity contribution in [2.75, 3.05) is 40.4 Å². The molecule has 1 fully saturated rings. The third-order valence-corrected chi connectivity index (χ3v) is 3.62. The van der Waals surface area contributed by atoms with Crippen LogP contribution >= 0.6 is 0 Å². The topological polar surface area (TPSA) is 36.9 Å². The van der Waals surface area contributed by atoms with Gasteiger partial charge in [0.2, 0.25) is 0 Å². The Kier molecular flexibility index (Phi) is 8.30. The van der Waals surface area contributed by atoms with Crippen molar-refractivity contribution >= 4 is 5.96 Å². The van der Waals surface area contributed by atoms with E-state index in [9.17, 15) is 0 Å². The molecule has 0 aliphatic carbocycles. The zero-order valence-corrected chi connectivity index (χ0v) is 12.7. The summed E-state index contributed by atoms with van der Waals surface area (Å²) in [5.41, 5.74) is 0. The van der Waals surface area contributed by atoms with Crippen molar-refractivity contribution in [3.05, 3.63) is 12.2 Å². The summed E-state index contributed by atoms with van der Waals surface area (Å²) in [4.78, 5) is 6.56. The number of hydrogen-bond acceptors (Lipinski definition) is 2. The summed E-state index contributed by atoms with van der Waals surface area (Å²) in [5, 5.41) is 3.39. The highest BCUT2D eigenvalue weighted by atomic mass is 16.5. The number of guanidine groups is 1. The first kappa shape index (κ1) is 16.0. The Morgan fingerprint density at radius 3 is 2.79 bits per heavy atom. The van der Waals surface area contributed by atoms with Crippen LogP contribution in [0, 0.1) is 5.92 Å². The molecule has 4 nitrogen and oxygen atoms in total. The molecule has 0 radical (unpaired) electrons. The van der Waals surface area contributed by atoms with Gasteiger partial charge in [0.1, 0.15) is 0 Å². The van der Waals surface area contributed by atoms with Crippen molar-refractivity contribution in [3.8, 4) is 0 Å². The average molecular weight is 267 g/mol. The van der Waals surface area contributed by atoms with Crippen LogP contribution in [0.2, 0.25) is 0 Å². The molecule has 0 bridgehead atoms. The lowest BCUT2D eigenvalue weighted by atomic mass is 9.96. The maximum Gasteiger partial charge on any atom is 0.193 e. The number of rotatable bonds is 6. The van der Waals surface area contributed by atoms with Gasteiger partial charge in [0.05, 0.1) is 0 Å². The predicted octanol–water partition coefficient (Wildman–Crippen LogP) is 2.28. The molecule has 0 aromatic carbocycles. The first-order valence-electron chi connectivity index (χ1n) is 7.38. The fourth-order valence-corrected chi connectivity index (χ4v) is 2.34. The highest BCUT2D eigenvalue weighted by molar-refractivity contribution is 5.79. The molecule has 1 heterocycles. The van der Waals surface area contributed by atoms with Crippen molar-refractivity contribution in [1.29, 1.82) is 0 Å². The lowest BCUT2D eigenvalue weighted by Crippen LogP contribution is -2.40. The second kappa shape index (κ2) is 9.84. The standard InChI is InChI=1S/C15H29N3O/c1-4-5-6-10-17-15(16-2)18(3)11-7-14-8-12-19-13-9-14/h4-5,14H,6-13H2,1-3H3,(H,16,17)/b5-4+. The third kappa shape index (κ3) is 6.62. The molecule has 0 saturated carbocycles. The maximum atomic E-state index is 5.40. The Balaban J connectivity index is 2.22. The van der Waals surface area contributed by atoms with Gasteiger partial charge in [0.15, 0.2) is 5.96 Å². The number of ether oxygens (including phenoxy) is 1. The monoisotopic (exact) mass is 267 g/mol. The van der Waals surface area contributed by atoms with Crippen LogP contribution in [-0.2, 0) is 4.74 Å². The molecule has 0 aromatic rings. The van der Waals surface area contributed by atoms with Gasteiger partial charge in [-0.25, -0.2) is 0 Å². The van der Waals surface area contributed by atoms with Gasteiger partial charge in [-0.15, -0.1) is 0 Å². The Labute approximate surface area is 117 Å². The number of allylic oxidation sites excluding steroid dienone is 1. The minimum absolute atomic E-state index is 0.817. The largest absolute Gasteiger partial charge is 0.381 e. The molecule has 1 rings (SSSR count). The second-order valence-corrected chi connectivity index (χ2v) is 5.10. The molecule has 4 heteroatoms. The van der Waals surface area contributed by atoms with Crippen molar-refractivity contribution < 1.29 is 4.74 Å². The second-order valence-electron chi connectivity index (χ2n) is 5.10. The molecule has 19 heavy (non-hydrogen) atoms. The quantitative estimate of drug-likeness (QED) is 0.347. The maximum absolute atomic E-state index is 5.40. The molecule has 0 atom stereocenters. The summed E-state index contributed by atoms with van der Waals surface area (Å²) in [5.74, 6) is 1.81. The lowest BCUT2D eigenvalue weighted by Gasteiger charge is -2.26. The summed E-state index contributed by atoms with van der Waals surface area (Å²) in [6.07, 6.45) is 8.95. The summed E-state index contributed by atoms with van der Waals surface area (Å²) < 4.78 is 5.40. The summed E-state index contributed by atoms with van der Waals surface area (Å²) in [6.45, 7) is 5.93. The van der Waals surface area contributed by atoms with Gasteiger partial charge in [-0.3, -0.25) is 4.99 Å². The van der Waals surface area contributed by atoms with Crippen LogP contribution in [0.15, 0.2) is 17.1 Å². The SMILES string of the molecule is C/C=C/CCNC(=NC)N(C)CCC1CCOCC1. The van der Waals surface area contributed by atoms with E-state index in [4.69, 9.17) is 4.74 Å². The van der Waals surface area contributed by atoms with Gasteiger partial charge in [0, 0.05) is 40.4 Å². The summed E-state index contributed by atoms with van der Waals surface area (Å²) in [6, 6.07) is 0. The Bertz CT molecular complexity index is 283. The fourth-order valence-electron chi connectivity index (χ4n) is 2.34. The average Bonchev–Trinajstić information content (AvgIpc) is 2.46. The molecule has 1 aliphatic rings. The zero-order valence-electron chi connectivity index (χ0n) is 12.7. The fraction of sp³-hybridized carbons (Fsp3) is 0.800. The molecule has 110 valence electrons.